The molecule has 3 amide bonds. The molecule has 0 saturated carbocycles. The number of primary amides is 1. The summed E-state index contributed by atoms with van der Waals surface area (Å²) in [5, 5.41) is 14.3. The van der Waals surface area contributed by atoms with E-state index in [4.69, 9.17) is 16.6 Å². The Morgan fingerprint density at radius 3 is 2.22 bits per heavy atom. The minimum atomic E-state index is -0.701. The highest BCUT2D eigenvalue weighted by atomic mass is 16.3. The zero-order valence-corrected chi connectivity index (χ0v) is 15.9. The van der Waals surface area contributed by atoms with Crippen LogP contribution in [-0.2, 0) is 22.6 Å². The first-order chi connectivity index (χ1) is 12.7. The Bertz CT molecular complexity index is 631. The monoisotopic (exact) mass is 378 g/mol. The molecule has 0 aromatic heterocycles. The van der Waals surface area contributed by atoms with E-state index in [1.54, 1.807) is 24.3 Å². The third-order valence-electron chi connectivity index (χ3n) is 4.28. The van der Waals surface area contributed by atoms with E-state index in [2.05, 4.69) is 10.6 Å². The maximum absolute atomic E-state index is 12.7. The third-order valence-corrected chi connectivity index (χ3v) is 4.28. The van der Waals surface area contributed by atoms with Crippen LogP contribution in [0.3, 0.4) is 0 Å². The van der Waals surface area contributed by atoms with Gasteiger partial charge in [-0.15, -0.1) is 0 Å². The van der Waals surface area contributed by atoms with Crippen LogP contribution in [0.2, 0.25) is 0 Å². The first-order valence-electron chi connectivity index (χ1n) is 9.05. The molecule has 0 fully saturated rings. The number of urea groups is 1. The molecule has 1 rings (SSSR count). The summed E-state index contributed by atoms with van der Waals surface area (Å²) in [6.45, 7) is 3.92. The van der Waals surface area contributed by atoms with Gasteiger partial charge in [-0.3, -0.25) is 9.59 Å². The van der Waals surface area contributed by atoms with Crippen molar-refractivity contribution in [1.29, 1.82) is 0 Å². The molecule has 27 heavy (non-hydrogen) atoms. The van der Waals surface area contributed by atoms with E-state index >= 15 is 0 Å². The number of aliphatic hydroxyl groups excluding tert-OH is 1. The Balaban J connectivity index is 2.75. The van der Waals surface area contributed by atoms with Gasteiger partial charge in [0.05, 0.1) is 18.7 Å². The first-order valence-corrected chi connectivity index (χ1v) is 9.05. The van der Waals surface area contributed by atoms with Gasteiger partial charge in [-0.2, -0.15) is 0 Å². The van der Waals surface area contributed by atoms with E-state index in [-0.39, 0.29) is 30.6 Å². The number of benzene rings is 1. The van der Waals surface area contributed by atoms with Gasteiger partial charge in [0.2, 0.25) is 5.91 Å². The normalized spacial score (nSPS) is 13.1. The first kappa shape index (κ1) is 22.6. The predicted molar refractivity (Wildman–Crippen MR) is 103 cm³/mol. The van der Waals surface area contributed by atoms with Crippen LogP contribution in [0, 0.1) is 5.92 Å². The van der Waals surface area contributed by atoms with Crippen LogP contribution in [-0.4, -0.2) is 41.5 Å². The van der Waals surface area contributed by atoms with Gasteiger partial charge >= 0.3 is 6.03 Å². The standard InChI is InChI=1S/C19H30N4O4/c1-12(2)17(20)18(26)23-15(4-3-9-22-19(21)27)16(25)10-13-5-7-14(11-24)8-6-13/h5-8,12,15,17,24H,3-4,9-11,20H2,1-2H3,(H,23,26)(H3,21,22,27)/t15-,17?/m0/s1. The van der Waals surface area contributed by atoms with Crippen molar-refractivity contribution in [3.8, 4) is 0 Å². The zero-order valence-electron chi connectivity index (χ0n) is 15.9. The topological polar surface area (TPSA) is 148 Å². The molecule has 0 aliphatic carbocycles. The van der Waals surface area contributed by atoms with Crippen molar-refractivity contribution >= 4 is 17.7 Å². The largest absolute Gasteiger partial charge is 0.392 e. The molecule has 0 aliphatic heterocycles. The Kier molecular flexibility index (Phi) is 9.46. The Morgan fingerprint density at radius 2 is 1.70 bits per heavy atom. The second-order valence-electron chi connectivity index (χ2n) is 6.88. The zero-order chi connectivity index (χ0) is 20.4. The van der Waals surface area contributed by atoms with Gasteiger partial charge in [0.1, 0.15) is 0 Å². The number of rotatable bonds is 11. The number of hydrogen-bond donors (Lipinski definition) is 5. The van der Waals surface area contributed by atoms with Crippen LogP contribution < -0.4 is 22.1 Å². The van der Waals surface area contributed by atoms with Crippen LogP contribution in [0.1, 0.15) is 37.8 Å². The van der Waals surface area contributed by atoms with E-state index < -0.39 is 18.1 Å². The van der Waals surface area contributed by atoms with Crippen molar-refractivity contribution in [1.82, 2.24) is 10.6 Å². The lowest BCUT2D eigenvalue weighted by molar-refractivity contribution is -0.129. The molecule has 8 heteroatoms. The van der Waals surface area contributed by atoms with Gasteiger partial charge < -0.3 is 27.2 Å². The summed E-state index contributed by atoms with van der Waals surface area (Å²) < 4.78 is 0. The van der Waals surface area contributed by atoms with Gasteiger partial charge in [0, 0.05) is 13.0 Å². The van der Waals surface area contributed by atoms with Gasteiger partial charge in [0.15, 0.2) is 5.78 Å². The third kappa shape index (κ3) is 8.19. The summed E-state index contributed by atoms with van der Waals surface area (Å²) in [5.41, 5.74) is 12.4. The highest BCUT2D eigenvalue weighted by molar-refractivity contribution is 5.92. The molecule has 8 nitrogen and oxygen atoms in total. The molecule has 0 spiro atoms. The van der Waals surface area contributed by atoms with E-state index in [0.717, 1.165) is 11.1 Å². The highest BCUT2D eigenvalue weighted by Gasteiger charge is 2.25. The van der Waals surface area contributed by atoms with E-state index in [1.165, 1.54) is 0 Å². The SMILES string of the molecule is CC(C)C(N)C(=O)N[C@@H](CCCNC(N)=O)C(=O)Cc1ccc(CO)cc1. The van der Waals surface area contributed by atoms with E-state index in [9.17, 15) is 14.4 Å². The van der Waals surface area contributed by atoms with Crippen molar-refractivity contribution in [2.75, 3.05) is 6.54 Å². The average Bonchev–Trinajstić information content (AvgIpc) is 2.63. The molecule has 1 aromatic rings. The fraction of sp³-hybridized carbons (Fsp3) is 0.526. The van der Waals surface area contributed by atoms with Crippen molar-refractivity contribution in [3.63, 3.8) is 0 Å². The molecular weight excluding hydrogens is 348 g/mol. The number of ketones is 1. The Morgan fingerprint density at radius 1 is 1.11 bits per heavy atom. The van der Waals surface area contributed by atoms with Crippen LogP contribution >= 0.6 is 0 Å². The fourth-order valence-corrected chi connectivity index (χ4v) is 2.49. The maximum atomic E-state index is 12.7. The van der Waals surface area contributed by atoms with E-state index in [1.807, 2.05) is 13.8 Å². The minimum Gasteiger partial charge on any atom is -0.392 e. The molecule has 150 valence electrons. The molecule has 0 heterocycles. The van der Waals surface area contributed by atoms with Crippen molar-refractivity contribution < 1.29 is 19.5 Å². The van der Waals surface area contributed by atoms with Crippen molar-refractivity contribution in [2.45, 2.75) is 51.8 Å². The Hall–Kier alpha value is -2.45. The van der Waals surface area contributed by atoms with E-state index in [0.29, 0.717) is 19.4 Å². The summed E-state index contributed by atoms with van der Waals surface area (Å²) in [7, 11) is 0. The van der Waals surface area contributed by atoms with Gasteiger partial charge in [-0.1, -0.05) is 38.1 Å². The number of nitrogens with one attached hydrogen (secondary N) is 2. The lowest BCUT2D eigenvalue weighted by atomic mass is 9.98. The average molecular weight is 378 g/mol. The summed E-state index contributed by atoms with van der Waals surface area (Å²) in [6.07, 6.45) is 1.00. The quantitative estimate of drug-likeness (QED) is 0.349. The summed E-state index contributed by atoms with van der Waals surface area (Å²) in [4.78, 5) is 35.7. The number of hydrogen-bond acceptors (Lipinski definition) is 5. The molecule has 1 aromatic carbocycles. The summed E-state index contributed by atoms with van der Waals surface area (Å²) in [6, 6.07) is 5.02. The Labute approximate surface area is 159 Å². The van der Waals surface area contributed by atoms with Crippen LogP contribution in [0.25, 0.3) is 0 Å². The molecule has 1 unspecified atom stereocenters. The van der Waals surface area contributed by atoms with Crippen molar-refractivity contribution in [2.24, 2.45) is 17.4 Å². The van der Waals surface area contributed by atoms with Gasteiger partial charge in [0.25, 0.3) is 0 Å². The van der Waals surface area contributed by atoms with Crippen LogP contribution in [0.5, 0.6) is 0 Å². The summed E-state index contributed by atoms with van der Waals surface area (Å²) in [5.74, 6) is -0.569. The molecule has 0 bridgehead atoms. The maximum Gasteiger partial charge on any atom is 0.312 e. The minimum absolute atomic E-state index is 0.0525. The second-order valence-corrected chi connectivity index (χ2v) is 6.88. The van der Waals surface area contributed by atoms with Crippen LogP contribution in [0.15, 0.2) is 24.3 Å². The lowest BCUT2D eigenvalue weighted by Gasteiger charge is -2.22. The van der Waals surface area contributed by atoms with Crippen molar-refractivity contribution in [3.05, 3.63) is 35.4 Å². The van der Waals surface area contributed by atoms with Gasteiger partial charge in [-0.25, -0.2) is 4.79 Å². The fourth-order valence-electron chi connectivity index (χ4n) is 2.49. The van der Waals surface area contributed by atoms with Crippen LogP contribution in [0.4, 0.5) is 4.79 Å². The molecule has 7 N–H and O–H groups in total. The number of Topliss-reactive ketones (excluding diaryl/α,β-unsaturated/α-hetero) is 1. The summed E-state index contributed by atoms with van der Waals surface area (Å²) >= 11 is 0. The molecule has 0 saturated heterocycles. The molecular formula is C19H30N4O4. The second kappa shape index (κ2) is 11.3. The smallest absolute Gasteiger partial charge is 0.312 e. The number of carbonyl (C=O) groups is 3. The molecule has 2 atom stereocenters. The molecule has 0 radical (unpaired) electrons. The number of carbonyl (C=O) groups excluding carboxylic acids is 3. The molecule has 0 aliphatic rings. The number of aliphatic hydroxyl groups is 1. The number of nitrogens with two attached hydrogens (primary N) is 2. The number of amides is 3. The van der Waals surface area contributed by atoms with Gasteiger partial charge in [-0.05, 0) is 29.9 Å². The lowest BCUT2D eigenvalue weighted by Crippen LogP contribution is -2.50. The highest BCUT2D eigenvalue weighted by Crippen LogP contribution is 2.09. The predicted octanol–water partition coefficient (Wildman–Crippen LogP) is 0.207.